The maximum absolute atomic E-state index is 10.3. The average molecular weight is 633 g/mol. The highest BCUT2D eigenvalue weighted by atomic mass is 35.5. The van der Waals surface area contributed by atoms with E-state index in [1.165, 1.54) is 0 Å². The number of aliphatic hydroxyl groups is 1. The number of likely N-dealkylation sites (N-methyl/N-ethyl adjacent to an activating group) is 1. The van der Waals surface area contributed by atoms with Crippen LogP contribution in [-0.4, -0.2) is 75.1 Å². The molecule has 0 aromatic heterocycles. The van der Waals surface area contributed by atoms with Gasteiger partial charge in [0.15, 0.2) is 5.60 Å². The van der Waals surface area contributed by atoms with Crippen molar-refractivity contribution in [3.05, 3.63) is 101 Å². The molecule has 0 aliphatic rings. The molecular weight excluding hydrogens is 597 g/mol. The molecule has 0 aliphatic carbocycles. The summed E-state index contributed by atoms with van der Waals surface area (Å²) in [4.78, 5) is 32.8. The van der Waals surface area contributed by atoms with Crippen LogP contribution in [0.1, 0.15) is 43.4 Å². The Morgan fingerprint density at radius 3 is 1.74 bits per heavy atom. The molecule has 3 aromatic carbocycles. The van der Waals surface area contributed by atoms with E-state index in [-0.39, 0.29) is 0 Å². The van der Waals surface area contributed by atoms with Crippen molar-refractivity contribution in [2.24, 2.45) is 0 Å². The summed E-state index contributed by atoms with van der Waals surface area (Å²) < 4.78 is 5.93. The molecular formula is C32H35Cl2NO8. The number of hydrogen-bond acceptors (Lipinski definition) is 6. The fourth-order valence-corrected chi connectivity index (χ4v) is 4.65. The number of ether oxygens (including phenoxy) is 1. The first kappa shape index (κ1) is 35.3. The van der Waals surface area contributed by atoms with Crippen LogP contribution in [0.2, 0.25) is 5.02 Å². The van der Waals surface area contributed by atoms with Gasteiger partial charge >= 0.3 is 17.9 Å². The minimum Gasteiger partial charge on any atom is -0.491 e. The third-order valence-electron chi connectivity index (χ3n) is 6.37. The summed E-state index contributed by atoms with van der Waals surface area (Å²) in [6.07, 6.45) is -2.29. The Morgan fingerprint density at radius 2 is 1.30 bits per heavy atom. The molecule has 0 atom stereocenters. The van der Waals surface area contributed by atoms with Crippen LogP contribution in [0.4, 0.5) is 0 Å². The highest BCUT2D eigenvalue weighted by Gasteiger charge is 2.40. The predicted octanol–water partition coefficient (Wildman–Crippen LogP) is 5.97. The van der Waals surface area contributed by atoms with Crippen molar-refractivity contribution in [1.29, 1.82) is 0 Å². The summed E-state index contributed by atoms with van der Waals surface area (Å²) in [6.45, 7) is 7.80. The molecule has 43 heavy (non-hydrogen) atoms. The summed E-state index contributed by atoms with van der Waals surface area (Å²) in [6, 6.07) is 26.0. The third kappa shape index (κ3) is 11.0. The molecule has 11 heteroatoms. The molecule has 4 N–H and O–H groups in total. The molecule has 0 unspecified atom stereocenters. The lowest BCUT2D eigenvalue weighted by Crippen LogP contribution is -2.42. The molecule has 0 saturated carbocycles. The first-order valence-electron chi connectivity index (χ1n) is 13.5. The maximum Gasteiger partial charge on any atom is 0.336 e. The van der Waals surface area contributed by atoms with Crippen LogP contribution in [0.3, 0.4) is 0 Å². The lowest BCUT2D eigenvalue weighted by atomic mass is 9.95. The van der Waals surface area contributed by atoms with Crippen LogP contribution >= 0.6 is 23.2 Å². The van der Waals surface area contributed by atoms with Crippen LogP contribution in [-0.2, 0) is 14.4 Å². The summed E-state index contributed by atoms with van der Waals surface area (Å²) in [5, 5.41) is 35.1. The molecule has 3 aromatic rings. The van der Waals surface area contributed by atoms with Crippen LogP contribution < -0.4 is 4.74 Å². The molecule has 230 valence electrons. The Morgan fingerprint density at radius 1 is 0.791 bits per heavy atom. The fraction of sp³-hybridized carbons (Fsp3) is 0.281. The molecule has 0 fully saturated rings. The maximum atomic E-state index is 10.3. The van der Waals surface area contributed by atoms with E-state index in [9.17, 15) is 14.4 Å². The van der Waals surface area contributed by atoms with Gasteiger partial charge in [-0.2, -0.15) is 0 Å². The van der Waals surface area contributed by atoms with Crippen molar-refractivity contribution < 1.29 is 39.5 Å². The van der Waals surface area contributed by atoms with Crippen molar-refractivity contribution in [3.63, 3.8) is 0 Å². The van der Waals surface area contributed by atoms with Crippen LogP contribution in [0.5, 0.6) is 5.75 Å². The highest BCUT2D eigenvalue weighted by molar-refractivity contribution is 6.53. The first-order valence-corrected chi connectivity index (χ1v) is 14.2. The molecule has 0 radical (unpaired) electrons. The summed E-state index contributed by atoms with van der Waals surface area (Å²) in [5.74, 6) is -4.33. The van der Waals surface area contributed by atoms with Gasteiger partial charge in [0.1, 0.15) is 12.4 Å². The Kier molecular flexibility index (Phi) is 14.2. The van der Waals surface area contributed by atoms with Crippen molar-refractivity contribution in [3.8, 4) is 5.75 Å². The van der Waals surface area contributed by atoms with Gasteiger partial charge in [-0.05, 0) is 41.9 Å². The van der Waals surface area contributed by atoms with Gasteiger partial charge in [-0.3, -0.25) is 9.59 Å². The van der Waals surface area contributed by atoms with Crippen LogP contribution in [0.25, 0.3) is 10.6 Å². The SMILES string of the molecule is CCN(CC)CCOc1ccc(C(=C(Cl)c2ccccc2)c2ccccc2)cc1Cl.O=C(O)CC(O)(CC(=O)O)C(=O)O. The van der Waals surface area contributed by atoms with Gasteiger partial charge in [0.05, 0.1) is 22.9 Å². The van der Waals surface area contributed by atoms with E-state index in [1.807, 2.05) is 66.7 Å². The van der Waals surface area contributed by atoms with Crippen LogP contribution in [0, 0.1) is 0 Å². The molecule has 0 heterocycles. The second kappa shape index (κ2) is 17.3. The average Bonchev–Trinajstić information content (AvgIpc) is 2.97. The number of aliphatic carboxylic acids is 3. The molecule has 0 bridgehead atoms. The molecule has 0 aliphatic heterocycles. The van der Waals surface area contributed by atoms with E-state index in [0.29, 0.717) is 22.4 Å². The molecule has 0 spiro atoms. The predicted molar refractivity (Wildman–Crippen MR) is 166 cm³/mol. The van der Waals surface area contributed by atoms with E-state index < -0.39 is 36.4 Å². The zero-order chi connectivity index (χ0) is 32.0. The molecule has 0 saturated heterocycles. The number of rotatable bonds is 14. The van der Waals surface area contributed by atoms with E-state index in [0.717, 1.165) is 41.9 Å². The third-order valence-corrected chi connectivity index (χ3v) is 7.08. The second-order valence-corrected chi connectivity index (χ2v) is 10.2. The number of carboxylic acid groups (broad SMARTS) is 3. The van der Waals surface area contributed by atoms with Crippen molar-refractivity contribution in [2.45, 2.75) is 32.3 Å². The normalized spacial score (nSPS) is 11.7. The highest BCUT2D eigenvalue weighted by Crippen LogP contribution is 2.37. The number of hydrogen-bond donors (Lipinski definition) is 4. The second-order valence-electron chi connectivity index (χ2n) is 9.42. The Labute approximate surface area is 260 Å². The standard InChI is InChI=1S/C26H27Cl2NO.C6H8O7/c1-3-29(4-2)17-18-30-24-16-15-22(19-23(24)27)25(20-11-7-5-8-12-20)26(28)21-13-9-6-10-14-21;7-3(8)1-6(13,5(11)12)2-4(9)10/h5-16,19H,3-4,17-18H2,1-2H3;13H,1-2H2,(H,7,8)(H,9,10)(H,11,12). The van der Waals surface area contributed by atoms with E-state index in [4.69, 9.17) is 48.4 Å². The first-order chi connectivity index (χ1) is 20.4. The Bertz CT molecular complexity index is 1380. The van der Waals surface area contributed by atoms with Crippen molar-refractivity contribution >= 4 is 51.7 Å². The van der Waals surface area contributed by atoms with Gasteiger partial charge in [0.2, 0.25) is 0 Å². The van der Waals surface area contributed by atoms with E-state index >= 15 is 0 Å². The Hall–Kier alpha value is -3.89. The Balaban J connectivity index is 0.000000420. The zero-order valence-electron chi connectivity index (χ0n) is 23.9. The minimum atomic E-state index is -2.74. The molecule has 9 nitrogen and oxygen atoms in total. The topological polar surface area (TPSA) is 145 Å². The minimum absolute atomic E-state index is 0.581. The fourth-order valence-electron chi connectivity index (χ4n) is 4.07. The largest absolute Gasteiger partial charge is 0.491 e. The van der Waals surface area contributed by atoms with Gasteiger partial charge in [-0.15, -0.1) is 0 Å². The number of carbonyl (C=O) groups is 3. The lowest BCUT2D eigenvalue weighted by Gasteiger charge is -2.19. The summed E-state index contributed by atoms with van der Waals surface area (Å²) >= 11 is 13.5. The van der Waals surface area contributed by atoms with Gasteiger partial charge in [0, 0.05) is 12.1 Å². The van der Waals surface area contributed by atoms with Gasteiger partial charge < -0.3 is 30.1 Å². The summed E-state index contributed by atoms with van der Waals surface area (Å²) in [7, 11) is 0. The summed E-state index contributed by atoms with van der Waals surface area (Å²) in [5.41, 5.74) is 1.17. The van der Waals surface area contributed by atoms with E-state index in [1.54, 1.807) is 0 Å². The van der Waals surface area contributed by atoms with E-state index in [2.05, 4.69) is 30.9 Å². The zero-order valence-corrected chi connectivity index (χ0v) is 25.4. The smallest absolute Gasteiger partial charge is 0.336 e. The quantitative estimate of drug-likeness (QED) is 0.158. The van der Waals surface area contributed by atoms with Crippen molar-refractivity contribution in [2.75, 3.05) is 26.2 Å². The number of benzene rings is 3. The van der Waals surface area contributed by atoms with Gasteiger partial charge in [-0.1, -0.05) is 104 Å². The number of halogens is 2. The molecule has 0 amide bonds. The van der Waals surface area contributed by atoms with Crippen molar-refractivity contribution in [1.82, 2.24) is 4.90 Å². The lowest BCUT2D eigenvalue weighted by molar-refractivity contribution is -0.170. The van der Waals surface area contributed by atoms with Gasteiger partial charge in [-0.25, -0.2) is 4.79 Å². The van der Waals surface area contributed by atoms with Crippen LogP contribution in [0.15, 0.2) is 78.9 Å². The monoisotopic (exact) mass is 631 g/mol. The molecule has 3 rings (SSSR count). The number of nitrogens with zero attached hydrogens (tertiary/aromatic N) is 1. The number of carboxylic acids is 3. The van der Waals surface area contributed by atoms with Gasteiger partial charge in [0.25, 0.3) is 0 Å².